The van der Waals surface area contributed by atoms with Crippen molar-refractivity contribution in [2.45, 2.75) is 26.4 Å². The molecule has 0 spiro atoms. The highest BCUT2D eigenvalue weighted by molar-refractivity contribution is 7.99. The smallest absolute Gasteiger partial charge is 0.118 e. The van der Waals surface area contributed by atoms with Gasteiger partial charge in [0.1, 0.15) is 11.5 Å². The van der Waals surface area contributed by atoms with Gasteiger partial charge >= 0.3 is 0 Å². The number of furan rings is 1. The molecule has 1 fully saturated rings. The number of nitrogens with zero attached hydrogens (tertiary/aromatic N) is 1. The molecular weight excluding hydrogens is 232 g/mol. The Morgan fingerprint density at radius 3 is 3.06 bits per heavy atom. The number of hydrogen-bond donors (Lipinski definition) is 1. The second kappa shape index (κ2) is 7.09. The van der Waals surface area contributed by atoms with Gasteiger partial charge in [0.2, 0.25) is 0 Å². The summed E-state index contributed by atoms with van der Waals surface area (Å²) in [5.74, 6) is 4.71. The van der Waals surface area contributed by atoms with Crippen LogP contribution in [0.2, 0.25) is 0 Å². The molecule has 0 saturated carbocycles. The van der Waals surface area contributed by atoms with E-state index in [-0.39, 0.29) is 0 Å². The summed E-state index contributed by atoms with van der Waals surface area (Å²) in [7, 11) is 0. The van der Waals surface area contributed by atoms with Crippen molar-refractivity contribution in [1.29, 1.82) is 0 Å². The van der Waals surface area contributed by atoms with Gasteiger partial charge in [-0.15, -0.1) is 0 Å². The largest absolute Gasteiger partial charge is 0.463 e. The second-order valence-electron chi connectivity index (χ2n) is 4.39. The van der Waals surface area contributed by atoms with E-state index in [1.54, 1.807) is 0 Å². The van der Waals surface area contributed by atoms with E-state index in [0.717, 1.165) is 31.2 Å². The van der Waals surface area contributed by atoms with Gasteiger partial charge in [0.05, 0.1) is 13.1 Å². The Bertz CT molecular complexity index is 319. The van der Waals surface area contributed by atoms with Gasteiger partial charge in [-0.2, -0.15) is 11.8 Å². The lowest BCUT2D eigenvalue weighted by Gasteiger charge is -2.17. The van der Waals surface area contributed by atoms with Crippen LogP contribution in [0, 0.1) is 0 Å². The van der Waals surface area contributed by atoms with Crippen LogP contribution >= 0.6 is 11.8 Å². The van der Waals surface area contributed by atoms with Gasteiger partial charge in [0.15, 0.2) is 0 Å². The first-order valence-electron chi connectivity index (χ1n) is 6.47. The molecule has 1 aromatic rings. The summed E-state index contributed by atoms with van der Waals surface area (Å²) in [6, 6.07) is 4.20. The van der Waals surface area contributed by atoms with Crippen molar-refractivity contribution >= 4 is 11.8 Å². The molecule has 1 aliphatic heterocycles. The van der Waals surface area contributed by atoms with Crippen molar-refractivity contribution in [2.75, 3.05) is 31.1 Å². The molecule has 1 saturated heterocycles. The van der Waals surface area contributed by atoms with Gasteiger partial charge in [0, 0.05) is 12.3 Å². The normalized spacial score (nSPS) is 18.2. The molecule has 1 N–H and O–H groups in total. The molecular formula is C13H22N2OS. The third-order valence-electron chi connectivity index (χ3n) is 2.96. The van der Waals surface area contributed by atoms with Crippen LogP contribution in [0.4, 0.5) is 0 Å². The third-order valence-corrected chi connectivity index (χ3v) is 4.01. The molecule has 0 radical (unpaired) electrons. The highest BCUT2D eigenvalue weighted by atomic mass is 32.2. The molecule has 1 aliphatic rings. The molecule has 1 aromatic heterocycles. The minimum atomic E-state index is 0.840. The van der Waals surface area contributed by atoms with Gasteiger partial charge in [-0.25, -0.2) is 0 Å². The Hall–Kier alpha value is -0.450. The molecule has 2 rings (SSSR count). The summed E-state index contributed by atoms with van der Waals surface area (Å²) in [4.78, 5) is 2.50. The highest BCUT2D eigenvalue weighted by Crippen LogP contribution is 2.15. The van der Waals surface area contributed by atoms with E-state index < -0.39 is 0 Å². The summed E-state index contributed by atoms with van der Waals surface area (Å²) in [6.07, 6.45) is 1.30. The zero-order valence-corrected chi connectivity index (χ0v) is 11.4. The fraction of sp³-hybridized carbons (Fsp3) is 0.692. The monoisotopic (exact) mass is 254 g/mol. The molecule has 0 atom stereocenters. The van der Waals surface area contributed by atoms with Crippen molar-refractivity contribution in [2.24, 2.45) is 0 Å². The highest BCUT2D eigenvalue weighted by Gasteiger charge is 2.11. The minimum absolute atomic E-state index is 0.840. The predicted molar refractivity (Wildman–Crippen MR) is 73.3 cm³/mol. The lowest BCUT2D eigenvalue weighted by atomic mass is 10.3. The summed E-state index contributed by atoms with van der Waals surface area (Å²) in [5, 5.41) is 3.28. The van der Waals surface area contributed by atoms with Gasteiger partial charge in [-0.05, 0) is 37.4 Å². The van der Waals surface area contributed by atoms with E-state index in [1.807, 2.05) is 0 Å². The van der Waals surface area contributed by atoms with E-state index in [9.17, 15) is 0 Å². The molecule has 0 unspecified atom stereocenters. The maximum absolute atomic E-state index is 5.82. The minimum Gasteiger partial charge on any atom is -0.463 e. The van der Waals surface area contributed by atoms with Crippen LogP contribution < -0.4 is 5.32 Å². The molecule has 0 bridgehead atoms. The van der Waals surface area contributed by atoms with E-state index >= 15 is 0 Å². The fourth-order valence-electron chi connectivity index (χ4n) is 2.03. The van der Waals surface area contributed by atoms with Crippen LogP contribution in [0.25, 0.3) is 0 Å². The van der Waals surface area contributed by atoms with E-state index in [0.29, 0.717) is 0 Å². The van der Waals surface area contributed by atoms with Crippen LogP contribution in [0.5, 0.6) is 0 Å². The number of thioether (sulfide) groups is 1. The average molecular weight is 254 g/mol. The maximum atomic E-state index is 5.82. The topological polar surface area (TPSA) is 28.4 Å². The summed E-state index contributed by atoms with van der Waals surface area (Å²) in [5.41, 5.74) is 0. The fourth-order valence-corrected chi connectivity index (χ4v) is 2.95. The van der Waals surface area contributed by atoms with Crippen molar-refractivity contribution in [3.8, 4) is 0 Å². The van der Waals surface area contributed by atoms with Gasteiger partial charge in [0.25, 0.3) is 0 Å². The van der Waals surface area contributed by atoms with Crippen LogP contribution in [0.15, 0.2) is 16.5 Å². The van der Waals surface area contributed by atoms with E-state index in [4.69, 9.17) is 4.42 Å². The lowest BCUT2D eigenvalue weighted by molar-refractivity contribution is 0.258. The standard InChI is InChI=1S/C13H22N2OS/c1-2-14-10-12-4-5-13(16-12)11-15-6-3-8-17-9-7-15/h4-5,14H,2-3,6-11H2,1H3. The quantitative estimate of drug-likeness (QED) is 0.873. The van der Waals surface area contributed by atoms with Crippen LogP contribution in [0.3, 0.4) is 0 Å². The Morgan fingerprint density at radius 2 is 2.18 bits per heavy atom. The summed E-state index contributed by atoms with van der Waals surface area (Å²) >= 11 is 2.06. The number of hydrogen-bond acceptors (Lipinski definition) is 4. The second-order valence-corrected chi connectivity index (χ2v) is 5.62. The lowest BCUT2D eigenvalue weighted by Crippen LogP contribution is -2.25. The maximum Gasteiger partial charge on any atom is 0.118 e. The van der Waals surface area contributed by atoms with Gasteiger partial charge < -0.3 is 9.73 Å². The zero-order valence-electron chi connectivity index (χ0n) is 10.6. The molecule has 96 valence electrons. The van der Waals surface area contributed by atoms with Crippen LogP contribution in [-0.2, 0) is 13.1 Å². The molecule has 0 aromatic carbocycles. The van der Waals surface area contributed by atoms with Gasteiger partial charge in [-0.1, -0.05) is 6.92 Å². The Labute approximate surface area is 108 Å². The summed E-state index contributed by atoms with van der Waals surface area (Å²) < 4.78 is 5.82. The SMILES string of the molecule is CCNCc1ccc(CN2CCCSCC2)o1. The Kier molecular flexibility index (Phi) is 5.42. The molecule has 3 nitrogen and oxygen atoms in total. The first kappa shape index (κ1) is 13.0. The molecule has 4 heteroatoms. The molecule has 2 heterocycles. The van der Waals surface area contributed by atoms with Crippen molar-refractivity contribution in [1.82, 2.24) is 10.2 Å². The molecule has 17 heavy (non-hydrogen) atoms. The van der Waals surface area contributed by atoms with Gasteiger partial charge in [-0.3, -0.25) is 4.90 Å². The van der Waals surface area contributed by atoms with Crippen molar-refractivity contribution < 1.29 is 4.42 Å². The predicted octanol–water partition coefficient (Wildman–Crippen LogP) is 2.33. The van der Waals surface area contributed by atoms with Crippen molar-refractivity contribution in [3.05, 3.63) is 23.7 Å². The van der Waals surface area contributed by atoms with E-state index in [1.165, 1.54) is 31.0 Å². The number of rotatable bonds is 5. The zero-order chi connectivity index (χ0) is 11.9. The molecule has 0 aliphatic carbocycles. The van der Waals surface area contributed by atoms with Crippen molar-refractivity contribution in [3.63, 3.8) is 0 Å². The van der Waals surface area contributed by atoms with E-state index in [2.05, 4.69) is 41.0 Å². The number of nitrogens with one attached hydrogen (secondary N) is 1. The first-order valence-corrected chi connectivity index (χ1v) is 7.62. The van der Waals surface area contributed by atoms with Crippen LogP contribution in [-0.4, -0.2) is 36.0 Å². The third kappa shape index (κ3) is 4.37. The Balaban J connectivity index is 1.82. The molecule has 0 amide bonds. The summed E-state index contributed by atoms with van der Waals surface area (Å²) in [6.45, 7) is 7.29. The first-order chi connectivity index (χ1) is 8.38. The average Bonchev–Trinajstić information content (AvgIpc) is 2.61. The Morgan fingerprint density at radius 1 is 1.29 bits per heavy atom. The van der Waals surface area contributed by atoms with Crippen LogP contribution in [0.1, 0.15) is 24.9 Å².